The van der Waals surface area contributed by atoms with Crippen LogP contribution in [0.1, 0.15) is 0 Å². The van der Waals surface area contributed by atoms with Gasteiger partial charge in [0.1, 0.15) is 5.03 Å². The molecule has 7 heteroatoms. The van der Waals surface area contributed by atoms with E-state index in [1.54, 1.807) is 11.8 Å². The van der Waals surface area contributed by atoms with Gasteiger partial charge in [0.2, 0.25) is 0 Å². The zero-order valence-corrected chi connectivity index (χ0v) is 17.7. The van der Waals surface area contributed by atoms with Gasteiger partial charge in [0.15, 0.2) is 0 Å². The molecule has 148 valence electrons. The minimum Gasteiger partial charge on any atom is -0.368 e. The van der Waals surface area contributed by atoms with Crippen LogP contribution in [0.5, 0.6) is 0 Å². The van der Waals surface area contributed by atoms with Crippen molar-refractivity contribution in [3.8, 4) is 5.69 Å². The number of anilines is 1. The standard InChI is InChI=1S/C21H25N5S.ClH/c1-27-21-19-8-7-17(25-14-18(15-25)24-11-9-22-10-12-24)13-20(19)26(23-21)16-5-3-2-4-6-16;/h2-8,13,18,22H,9-12,14-15H2,1H3;1H. The maximum absolute atomic E-state index is 4.86. The molecule has 0 bridgehead atoms. The van der Waals surface area contributed by atoms with Crippen LogP contribution in [0.4, 0.5) is 5.69 Å². The summed E-state index contributed by atoms with van der Waals surface area (Å²) < 4.78 is 2.08. The molecule has 0 saturated carbocycles. The first-order valence-corrected chi connectivity index (χ1v) is 10.9. The second kappa shape index (κ2) is 8.33. The van der Waals surface area contributed by atoms with E-state index >= 15 is 0 Å². The molecular weight excluding hydrogens is 390 g/mol. The summed E-state index contributed by atoms with van der Waals surface area (Å²) in [5, 5.41) is 10.6. The number of aromatic nitrogens is 2. The van der Waals surface area contributed by atoms with Crippen LogP contribution in [0.25, 0.3) is 16.6 Å². The Kier molecular flexibility index (Phi) is 5.83. The number of para-hydroxylation sites is 1. The van der Waals surface area contributed by atoms with Gasteiger partial charge < -0.3 is 10.2 Å². The first-order chi connectivity index (χ1) is 13.3. The number of thioether (sulfide) groups is 1. The van der Waals surface area contributed by atoms with Gasteiger partial charge in [-0.25, -0.2) is 4.68 Å². The van der Waals surface area contributed by atoms with Crippen LogP contribution in [-0.4, -0.2) is 66.2 Å². The summed E-state index contributed by atoms with van der Waals surface area (Å²) in [5.74, 6) is 0. The topological polar surface area (TPSA) is 36.3 Å². The molecule has 3 heterocycles. The average Bonchev–Trinajstić information content (AvgIpc) is 3.06. The monoisotopic (exact) mass is 415 g/mol. The van der Waals surface area contributed by atoms with Crippen molar-refractivity contribution in [1.29, 1.82) is 0 Å². The highest BCUT2D eigenvalue weighted by molar-refractivity contribution is 7.98. The predicted molar refractivity (Wildman–Crippen MR) is 121 cm³/mol. The molecule has 2 saturated heterocycles. The quantitative estimate of drug-likeness (QED) is 0.662. The minimum atomic E-state index is 0. The van der Waals surface area contributed by atoms with Crippen LogP contribution in [0.2, 0.25) is 0 Å². The number of nitrogens with zero attached hydrogens (tertiary/aromatic N) is 4. The molecule has 2 aromatic carbocycles. The molecule has 3 aromatic rings. The molecule has 0 atom stereocenters. The van der Waals surface area contributed by atoms with Crippen LogP contribution >= 0.6 is 24.2 Å². The molecule has 0 amide bonds. The van der Waals surface area contributed by atoms with Crippen molar-refractivity contribution in [3.05, 3.63) is 48.5 Å². The van der Waals surface area contributed by atoms with Crippen molar-refractivity contribution in [2.24, 2.45) is 0 Å². The maximum atomic E-state index is 4.86. The van der Waals surface area contributed by atoms with E-state index in [1.165, 1.54) is 29.7 Å². The van der Waals surface area contributed by atoms with Crippen LogP contribution < -0.4 is 10.2 Å². The first-order valence-electron chi connectivity index (χ1n) is 9.65. The summed E-state index contributed by atoms with van der Waals surface area (Å²) in [6, 6.07) is 17.9. The number of nitrogens with one attached hydrogen (secondary N) is 1. The lowest BCUT2D eigenvalue weighted by molar-refractivity contribution is 0.147. The molecule has 0 radical (unpaired) electrons. The second-order valence-corrected chi connectivity index (χ2v) is 8.10. The van der Waals surface area contributed by atoms with Crippen molar-refractivity contribution in [2.75, 3.05) is 50.4 Å². The summed E-state index contributed by atoms with van der Waals surface area (Å²) in [4.78, 5) is 5.12. The van der Waals surface area contributed by atoms with E-state index < -0.39 is 0 Å². The molecule has 28 heavy (non-hydrogen) atoms. The van der Waals surface area contributed by atoms with E-state index in [1.807, 2.05) is 6.07 Å². The molecule has 0 aliphatic carbocycles. The highest BCUT2D eigenvalue weighted by atomic mass is 35.5. The Bertz CT molecular complexity index is 933. The smallest absolute Gasteiger partial charge is 0.126 e. The number of hydrogen-bond donors (Lipinski definition) is 1. The summed E-state index contributed by atoms with van der Waals surface area (Å²) >= 11 is 1.71. The molecule has 5 rings (SSSR count). The lowest BCUT2D eigenvalue weighted by Crippen LogP contribution is -2.62. The third-order valence-electron chi connectivity index (χ3n) is 5.72. The Morgan fingerprint density at radius 1 is 1.00 bits per heavy atom. The van der Waals surface area contributed by atoms with Gasteiger partial charge in [0.05, 0.1) is 11.2 Å². The van der Waals surface area contributed by atoms with Gasteiger partial charge in [-0.3, -0.25) is 4.90 Å². The number of rotatable bonds is 4. The second-order valence-electron chi connectivity index (χ2n) is 7.30. The average molecular weight is 416 g/mol. The zero-order chi connectivity index (χ0) is 18.2. The molecule has 0 spiro atoms. The van der Waals surface area contributed by atoms with Crippen molar-refractivity contribution >= 4 is 40.8 Å². The van der Waals surface area contributed by atoms with Crippen LogP contribution in [0, 0.1) is 0 Å². The molecular formula is C21H26ClN5S. The summed E-state index contributed by atoms with van der Waals surface area (Å²) in [7, 11) is 0. The van der Waals surface area contributed by atoms with Crippen molar-refractivity contribution in [2.45, 2.75) is 11.1 Å². The number of halogens is 1. The van der Waals surface area contributed by atoms with E-state index in [0.717, 1.165) is 36.9 Å². The molecule has 2 aliphatic rings. The Morgan fingerprint density at radius 2 is 1.75 bits per heavy atom. The minimum absolute atomic E-state index is 0. The number of piperazine rings is 1. The Labute approximate surface area is 176 Å². The molecule has 0 unspecified atom stereocenters. The van der Waals surface area contributed by atoms with Crippen molar-refractivity contribution in [1.82, 2.24) is 20.0 Å². The molecule has 5 nitrogen and oxygen atoms in total. The summed E-state index contributed by atoms with van der Waals surface area (Å²) in [6.07, 6.45) is 2.10. The van der Waals surface area contributed by atoms with Crippen LogP contribution in [-0.2, 0) is 0 Å². The normalized spacial score (nSPS) is 18.1. The predicted octanol–water partition coefficient (Wildman–Crippen LogP) is 3.26. The van der Waals surface area contributed by atoms with Gasteiger partial charge >= 0.3 is 0 Å². The molecule has 2 aliphatic heterocycles. The number of benzene rings is 2. The summed E-state index contributed by atoms with van der Waals surface area (Å²) in [6.45, 7) is 6.85. The van der Waals surface area contributed by atoms with Gasteiger partial charge in [-0.2, -0.15) is 5.10 Å². The fourth-order valence-electron chi connectivity index (χ4n) is 4.13. The van der Waals surface area contributed by atoms with E-state index in [9.17, 15) is 0 Å². The van der Waals surface area contributed by atoms with E-state index in [2.05, 4.69) is 68.5 Å². The zero-order valence-electron chi connectivity index (χ0n) is 16.0. The fourth-order valence-corrected chi connectivity index (χ4v) is 4.69. The maximum Gasteiger partial charge on any atom is 0.126 e. The van der Waals surface area contributed by atoms with Gasteiger partial charge in [0, 0.05) is 56.4 Å². The van der Waals surface area contributed by atoms with Gasteiger partial charge in [-0.15, -0.1) is 24.2 Å². The summed E-state index contributed by atoms with van der Waals surface area (Å²) in [5.41, 5.74) is 3.61. The molecule has 1 aromatic heterocycles. The van der Waals surface area contributed by atoms with Gasteiger partial charge in [0.25, 0.3) is 0 Å². The van der Waals surface area contributed by atoms with Crippen LogP contribution in [0.15, 0.2) is 53.6 Å². The Morgan fingerprint density at radius 3 is 2.46 bits per heavy atom. The molecule has 2 fully saturated rings. The van der Waals surface area contributed by atoms with Crippen LogP contribution in [0.3, 0.4) is 0 Å². The Balaban J connectivity index is 0.00000192. The largest absolute Gasteiger partial charge is 0.368 e. The van der Waals surface area contributed by atoms with Gasteiger partial charge in [-0.1, -0.05) is 18.2 Å². The first kappa shape index (κ1) is 19.6. The van der Waals surface area contributed by atoms with Crippen molar-refractivity contribution in [3.63, 3.8) is 0 Å². The fraction of sp³-hybridized carbons (Fsp3) is 0.381. The number of hydrogen-bond acceptors (Lipinski definition) is 5. The van der Waals surface area contributed by atoms with Crippen molar-refractivity contribution < 1.29 is 0 Å². The SMILES string of the molecule is CSc1nn(-c2ccccc2)c2cc(N3CC(N4CCNCC4)C3)ccc12.Cl. The highest BCUT2D eigenvalue weighted by Gasteiger charge is 2.32. The molecule has 1 N–H and O–H groups in total. The highest BCUT2D eigenvalue weighted by Crippen LogP contribution is 2.33. The number of fused-ring (bicyclic) bond motifs is 1. The van der Waals surface area contributed by atoms with E-state index in [-0.39, 0.29) is 12.4 Å². The van der Waals surface area contributed by atoms with E-state index in [4.69, 9.17) is 5.10 Å². The lowest BCUT2D eigenvalue weighted by atomic mass is 10.0. The van der Waals surface area contributed by atoms with Gasteiger partial charge in [-0.05, 0) is 36.6 Å². The third kappa shape index (κ3) is 3.50. The Hall–Kier alpha value is -1.73. The lowest BCUT2D eigenvalue weighted by Gasteiger charge is -2.48. The third-order valence-corrected chi connectivity index (χ3v) is 6.41. The van der Waals surface area contributed by atoms with E-state index in [0.29, 0.717) is 6.04 Å².